The predicted octanol–water partition coefficient (Wildman–Crippen LogP) is -0.438. The first kappa shape index (κ1) is 14.3. The highest BCUT2D eigenvalue weighted by Crippen LogP contribution is 2.24. The number of nitrogens with zero attached hydrogens (tertiary/aromatic N) is 4. The number of piperazine rings is 1. The van der Waals surface area contributed by atoms with Crippen LogP contribution in [0.1, 0.15) is 11.3 Å². The molecule has 6 heteroatoms. The molecule has 2 rings (SSSR count). The van der Waals surface area contributed by atoms with E-state index in [1.54, 1.807) is 0 Å². The summed E-state index contributed by atoms with van der Waals surface area (Å²) in [6, 6.07) is 0. The average Bonchev–Trinajstić information content (AvgIpc) is 2.67. The van der Waals surface area contributed by atoms with Crippen molar-refractivity contribution in [1.82, 2.24) is 20.0 Å². The summed E-state index contributed by atoms with van der Waals surface area (Å²) in [4.78, 5) is 4.71. The Morgan fingerprint density at radius 2 is 1.95 bits per heavy atom. The highest BCUT2D eigenvalue weighted by molar-refractivity contribution is 5.50. The van der Waals surface area contributed by atoms with E-state index in [2.05, 4.69) is 27.1 Å². The van der Waals surface area contributed by atoms with Gasteiger partial charge in [-0.3, -0.25) is 9.58 Å². The molecule has 108 valence electrons. The maximum atomic E-state index is 8.99. The number of nitrogens with one attached hydrogen (secondary N) is 1. The molecule has 0 saturated carbocycles. The van der Waals surface area contributed by atoms with Crippen molar-refractivity contribution in [2.24, 2.45) is 7.05 Å². The molecule has 1 fully saturated rings. The van der Waals surface area contributed by atoms with E-state index in [-0.39, 0.29) is 6.61 Å². The molecular formula is C13H25N5O. The van der Waals surface area contributed by atoms with Crippen LogP contribution in [0, 0.1) is 6.92 Å². The van der Waals surface area contributed by atoms with Gasteiger partial charge in [0, 0.05) is 51.9 Å². The highest BCUT2D eigenvalue weighted by Gasteiger charge is 2.23. The third-order valence-corrected chi connectivity index (χ3v) is 3.75. The van der Waals surface area contributed by atoms with Gasteiger partial charge in [0.2, 0.25) is 0 Å². The van der Waals surface area contributed by atoms with Gasteiger partial charge >= 0.3 is 0 Å². The number of hydrogen-bond acceptors (Lipinski definition) is 5. The second kappa shape index (κ2) is 6.36. The SMILES string of the molecule is CNCc1c(C)nn(C)c1N1CCN(CCO)CC1. The zero-order chi connectivity index (χ0) is 13.8. The molecule has 0 atom stereocenters. The van der Waals surface area contributed by atoms with Crippen LogP contribution in [0.2, 0.25) is 0 Å². The van der Waals surface area contributed by atoms with Crippen molar-refractivity contribution >= 4 is 5.82 Å². The van der Waals surface area contributed by atoms with Crippen LogP contribution in [-0.2, 0) is 13.6 Å². The summed E-state index contributed by atoms with van der Waals surface area (Å²) < 4.78 is 1.99. The second-order valence-electron chi connectivity index (χ2n) is 5.09. The Hall–Kier alpha value is -1.11. The number of hydrogen-bond donors (Lipinski definition) is 2. The Labute approximate surface area is 115 Å². The summed E-state index contributed by atoms with van der Waals surface area (Å²) in [5, 5.41) is 16.8. The van der Waals surface area contributed by atoms with Gasteiger partial charge < -0.3 is 15.3 Å². The molecule has 0 aromatic carbocycles. The number of rotatable bonds is 5. The van der Waals surface area contributed by atoms with Crippen molar-refractivity contribution in [2.45, 2.75) is 13.5 Å². The van der Waals surface area contributed by atoms with Gasteiger partial charge in [0.25, 0.3) is 0 Å². The Balaban J connectivity index is 2.10. The van der Waals surface area contributed by atoms with Gasteiger partial charge in [0.05, 0.1) is 12.3 Å². The van der Waals surface area contributed by atoms with Crippen LogP contribution < -0.4 is 10.2 Å². The molecule has 1 aliphatic heterocycles. The van der Waals surface area contributed by atoms with Gasteiger partial charge in [-0.25, -0.2) is 0 Å². The second-order valence-corrected chi connectivity index (χ2v) is 5.09. The molecule has 0 spiro atoms. The van der Waals surface area contributed by atoms with E-state index in [1.807, 2.05) is 18.8 Å². The van der Waals surface area contributed by atoms with Crippen LogP contribution >= 0.6 is 0 Å². The van der Waals surface area contributed by atoms with Crippen molar-refractivity contribution < 1.29 is 5.11 Å². The van der Waals surface area contributed by atoms with Gasteiger partial charge in [-0.2, -0.15) is 5.10 Å². The summed E-state index contributed by atoms with van der Waals surface area (Å²) >= 11 is 0. The van der Waals surface area contributed by atoms with Crippen LogP contribution in [-0.4, -0.2) is 66.2 Å². The first-order valence-corrected chi connectivity index (χ1v) is 6.92. The fourth-order valence-corrected chi connectivity index (χ4v) is 2.79. The fourth-order valence-electron chi connectivity index (χ4n) is 2.79. The third kappa shape index (κ3) is 3.08. The predicted molar refractivity (Wildman–Crippen MR) is 76.4 cm³/mol. The number of aromatic nitrogens is 2. The lowest BCUT2D eigenvalue weighted by molar-refractivity contribution is 0.188. The first-order chi connectivity index (χ1) is 9.17. The summed E-state index contributed by atoms with van der Waals surface area (Å²) in [7, 11) is 3.98. The van der Waals surface area contributed by atoms with Crippen molar-refractivity contribution in [2.75, 3.05) is 51.3 Å². The minimum atomic E-state index is 0.246. The van der Waals surface area contributed by atoms with Crippen LogP contribution in [0.4, 0.5) is 5.82 Å². The van der Waals surface area contributed by atoms with Crippen molar-refractivity contribution in [3.05, 3.63) is 11.3 Å². The Kier molecular flexibility index (Phi) is 4.79. The topological polar surface area (TPSA) is 56.6 Å². The van der Waals surface area contributed by atoms with Crippen molar-refractivity contribution in [3.8, 4) is 0 Å². The van der Waals surface area contributed by atoms with Gasteiger partial charge in [-0.15, -0.1) is 0 Å². The lowest BCUT2D eigenvalue weighted by atomic mass is 10.2. The molecule has 1 aliphatic rings. The monoisotopic (exact) mass is 267 g/mol. The zero-order valence-corrected chi connectivity index (χ0v) is 12.2. The molecule has 0 aliphatic carbocycles. The van der Waals surface area contributed by atoms with Crippen LogP contribution in [0.15, 0.2) is 0 Å². The highest BCUT2D eigenvalue weighted by atomic mass is 16.3. The Morgan fingerprint density at radius 1 is 1.26 bits per heavy atom. The van der Waals surface area contributed by atoms with E-state index in [0.29, 0.717) is 0 Å². The number of anilines is 1. The minimum absolute atomic E-state index is 0.246. The number of β-amino-alcohol motifs (C(OH)–C–C–N with tert-alkyl or cyclic N) is 1. The van der Waals surface area contributed by atoms with Crippen LogP contribution in [0.3, 0.4) is 0 Å². The molecule has 2 heterocycles. The molecule has 0 radical (unpaired) electrons. The van der Waals surface area contributed by atoms with Gasteiger partial charge in [-0.1, -0.05) is 0 Å². The largest absolute Gasteiger partial charge is 0.395 e. The van der Waals surface area contributed by atoms with E-state index in [9.17, 15) is 0 Å². The van der Waals surface area contributed by atoms with E-state index in [0.717, 1.165) is 45.0 Å². The molecule has 1 saturated heterocycles. The molecule has 1 aromatic rings. The van der Waals surface area contributed by atoms with E-state index in [4.69, 9.17) is 5.11 Å². The molecule has 19 heavy (non-hydrogen) atoms. The molecule has 6 nitrogen and oxygen atoms in total. The molecule has 2 N–H and O–H groups in total. The van der Waals surface area contributed by atoms with Crippen LogP contribution in [0.25, 0.3) is 0 Å². The van der Waals surface area contributed by atoms with Crippen molar-refractivity contribution in [1.29, 1.82) is 0 Å². The first-order valence-electron chi connectivity index (χ1n) is 6.92. The maximum absolute atomic E-state index is 8.99. The van der Waals surface area contributed by atoms with E-state index in [1.165, 1.54) is 11.4 Å². The molecule has 1 aromatic heterocycles. The number of aliphatic hydroxyl groups is 1. The average molecular weight is 267 g/mol. The summed E-state index contributed by atoms with van der Waals surface area (Å²) in [5.41, 5.74) is 2.39. The summed E-state index contributed by atoms with van der Waals surface area (Å²) in [6.45, 7) is 7.94. The van der Waals surface area contributed by atoms with Gasteiger partial charge in [-0.05, 0) is 14.0 Å². The molecule has 0 amide bonds. The number of aryl methyl sites for hydroxylation is 2. The fraction of sp³-hybridized carbons (Fsp3) is 0.769. The van der Waals surface area contributed by atoms with E-state index < -0.39 is 0 Å². The Bertz CT molecular complexity index is 409. The number of aliphatic hydroxyl groups excluding tert-OH is 1. The van der Waals surface area contributed by atoms with Gasteiger partial charge in [0.15, 0.2) is 0 Å². The normalized spacial score (nSPS) is 17.2. The molecule has 0 unspecified atom stereocenters. The molecule has 0 bridgehead atoms. The quantitative estimate of drug-likeness (QED) is 0.758. The zero-order valence-electron chi connectivity index (χ0n) is 12.2. The van der Waals surface area contributed by atoms with Gasteiger partial charge in [0.1, 0.15) is 5.82 Å². The lowest BCUT2D eigenvalue weighted by Crippen LogP contribution is -2.48. The smallest absolute Gasteiger partial charge is 0.131 e. The van der Waals surface area contributed by atoms with E-state index >= 15 is 0 Å². The standard InChI is InChI=1S/C13H25N5O/c1-11-12(10-14-2)13(16(3)15-11)18-6-4-17(5-7-18)8-9-19/h14,19H,4-10H2,1-3H3. The minimum Gasteiger partial charge on any atom is -0.395 e. The summed E-state index contributed by atoms with van der Waals surface area (Å²) in [6.07, 6.45) is 0. The summed E-state index contributed by atoms with van der Waals surface area (Å²) in [5.74, 6) is 1.23. The van der Waals surface area contributed by atoms with Crippen molar-refractivity contribution in [3.63, 3.8) is 0 Å². The maximum Gasteiger partial charge on any atom is 0.131 e. The third-order valence-electron chi connectivity index (χ3n) is 3.75. The lowest BCUT2D eigenvalue weighted by Gasteiger charge is -2.36. The van der Waals surface area contributed by atoms with Crippen LogP contribution in [0.5, 0.6) is 0 Å². The molecular weight excluding hydrogens is 242 g/mol. The Morgan fingerprint density at radius 3 is 2.53 bits per heavy atom.